The van der Waals surface area contributed by atoms with Crippen molar-refractivity contribution in [2.45, 2.75) is 0 Å². The summed E-state index contributed by atoms with van der Waals surface area (Å²) in [5, 5.41) is 12.0. The molecule has 1 N–H and O–H groups in total. The molecule has 98 valence electrons. The van der Waals surface area contributed by atoms with Crippen molar-refractivity contribution in [3.8, 4) is 6.07 Å². The Hall–Kier alpha value is -1.29. The molecular formula is C11H14ClN3O2S. The van der Waals surface area contributed by atoms with Crippen molar-refractivity contribution in [2.75, 3.05) is 31.7 Å². The Bertz CT molecular complexity index is 564. The van der Waals surface area contributed by atoms with Gasteiger partial charge in [-0.15, -0.1) is 0 Å². The fourth-order valence-corrected chi connectivity index (χ4v) is 2.20. The lowest BCUT2D eigenvalue weighted by molar-refractivity contribution is 0.521. The molecule has 18 heavy (non-hydrogen) atoms. The number of anilines is 1. The molecule has 7 heteroatoms. The van der Waals surface area contributed by atoms with Crippen molar-refractivity contribution < 1.29 is 8.42 Å². The third-order valence-corrected chi connectivity index (χ3v) is 4.48. The van der Waals surface area contributed by atoms with Crippen LogP contribution in [0.3, 0.4) is 0 Å². The normalized spacial score (nSPS) is 11.3. The van der Waals surface area contributed by atoms with Crippen LogP contribution >= 0.6 is 11.6 Å². The van der Waals surface area contributed by atoms with Crippen molar-refractivity contribution in [3.63, 3.8) is 0 Å². The third-order valence-electron chi connectivity index (χ3n) is 2.33. The Kier molecular flexibility index (Phi) is 4.96. The van der Waals surface area contributed by atoms with Crippen LogP contribution in [-0.2, 0) is 10.0 Å². The Morgan fingerprint density at radius 2 is 2.11 bits per heavy atom. The maximum Gasteiger partial charge on any atom is 0.215 e. The molecule has 0 saturated carbocycles. The van der Waals surface area contributed by atoms with Gasteiger partial charge in [0.2, 0.25) is 10.0 Å². The van der Waals surface area contributed by atoms with Gasteiger partial charge in [0, 0.05) is 20.6 Å². The molecule has 1 rings (SSSR count). The molecule has 0 bridgehead atoms. The van der Waals surface area contributed by atoms with Gasteiger partial charge in [-0.1, -0.05) is 11.6 Å². The second-order valence-corrected chi connectivity index (χ2v) is 6.54. The van der Waals surface area contributed by atoms with E-state index in [0.29, 0.717) is 16.3 Å². The van der Waals surface area contributed by atoms with Gasteiger partial charge in [0.15, 0.2) is 0 Å². The highest BCUT2D eigenvalue weighted by Crippen LogP contribution is 2.22. The number of hydrogen-bond acceptors (Lipinski definition) is 4. The van der Waals surface area contributed by atoms with Crippen LogP contribution in [0.2, 0.25) is 5.02 Å². The van der Waals surface area contributed by atoms with Crippen molar-refractivity contribution >= 4 is 27.3 Å². The maximum absolute atomic E-state index is 11.5. The van der Waals surface area contributed by atoms with Crippen LogP contribution in [0.25, 0.3) is 0 Å². The summed E-state index contributed by atoms with van der Waals surface area (Å²) in [7, 11) is -0.238. The Balaban J connectivity index is 2.63. The molecular weight excluding hydrogens is 274 g/mol. The summed E-state index contributed by atoms with van der Waals surface area (Å²) in [6.45, 7) is 0.256. The molecule has 5 nitrogen and oxygen atoms in total. The number of nitriles is 1. The molecule has 0 saturated heterocycles. The number of nitrogens with one attached hydrogen (secondary N) is 1. The lowest BCUT2D eigenvalue weighted by Crippen LogP contribution is -2.28. The summed E-state index contributed by atoms with van der Waals surface area (Å²) in [5.74, 6) is -0.0175. The summed E-state index contributed by atoms with van der Waals surface area (Å²) in [6, 6.07) is 6.78. The predicted octanol–water partition coefficient (Wildman–Crippen LogP) is 1.51. The van der Waals surface area contributed by atoms with Gasteiger partial charge in [0.05, 0.1) is 28.1 Å². The molecule has 0 unspecified atom stereocenters. The minimum Gasteiger partial charge on any atom is -0.383 e. The molecule has 0 radical (unpaired) electrons. The number of halogens is 1. The monoisotopic (exact) mass is 287 g/mol. The third kappa shape index (κ3) is 3.88. The topological polar surface area (TPSA) is 73.2 Å². The van der Waals surface area contributed by atoms with E-state index < -0.39 is 10.0 Å². The summed E-state index contributed by atoms with van der Waals surface area (Å²) >= 11 is 5.95. The van der Waals surface area contributed by atoms with Crippen LogP contribution in [0.4, 0.5) is 5.69 Å². The number of rotatable bonds is 5. The van der Waals surface area contributed by atoms with E-state index in [1.165, 1.54) is 24.5 Å². The lowest BCUT2D eigenvalue weighted by atomic mass is 10.2. The van der Waals surface area contributed by atoms with E-state index in [4.69, 9.17) is 16.9 Å². The summed E-state index contributed by atoms with van der Waals surface area (Å²) < 4.78 is 24.2. The Morgan fingerprint density at radius 1 is 1.44 bits per heavy atom. The molecule has 0 aliphatic heterocycles. The Morgan fingerprint density at radius 3 is 2.61 bits per heavy atom. The van der Waals surface area contributed by atoms with Crippen molar-refractivity contribution in [3.05, 3.63) is 28.8 Å². The smallest absolute Gasteiger partial charge is 0.215 e. The van der Waals surface area contributed by atoms with Gasteiger partial charge in [-0.05, 0) is 18.2 Å². The van der Waals surface area contributed by atoms with Gasteiger partial charge < -0.3 is 5.32 Å². The first-order valence-corrected chi connectivity index (χ1v) is 7.19. The van der Waals surface area contributed by atoms with Gasteiger partial charge in [0.25, 0.3) is 0 Å². The largest absolute Gasteiger partial charge is 0.383 e. The van der Waals surface area contributed by atoms with Crippen LogP contribution in [0.5, 0.6) is 0 Å². The van der Waals surface area contributed by atoms with E-state index in [-0.39, 0.29) is 12.3 Å². The molecule has 0 aliphatic rings. The average Bonchev–Trinajstić information content (AvgIpc) is 2.30. The number of benzene rings is 1. The van der Waals surface area contributed by atoms with Gasteiger partial charge >= 0.3 is 0 Å². The molecule has 1 aromatic rings. The minimum atomic E-state index is -3.22. The van der Waals surface area contributed by atoms with Crippen molar-refractivity contribution in [2.24, 2.45) is 0 Å². The van der Waals surface area contributed by atoms with E-state index in [0.717, 1.165) is 0 Å². The van der Waals surface area contributed by atoms with Gasteiger partial charge in [-0.25, -0.2) is 12.7 Å². The fraction of sp³-hybridized carbons (Fsp3) is 0.364. The first-order chi connectivity index (χ1) is 8.36. The van der Waals surface area contributed by atoms with Crippen LogP contribution in [0.15, 0.2) is 18.2 Å². The highest BCUT2D eigenvalue weighted by molar-refractivity contribution is 7.89. The van der Waals surface area contributed by atoms with E-state index in [9.17, 15) is 8.42 Å². The van der Waals surface area contributed by atoms with Crippen LogP contribution in [0.1, 0.15) is 5.56 Å². The van der Waals surface area contributed by atoms with Crippen LogP contribution < -0.4 is 5.32 Å². The predicted molar refractivity (Wildman–Crippen MR) is 72.1 cm³/mol. The zero-order valence-electron chi connectivity index (χ0n) is 10.1. The van der Waals surface area contributed by atoms with Gasteiger partial charge in [-0.3, -0.25) is 0 Å². The van der Waals surface area contributed by atoms with Crippen molar-refractivity contribution in [1.82, 2.24) is 4.31 Å². The lowest BCUT2D eigenvalue weighted by Gasteiger charge is -2.12. The fourth-order valence-electron chi connectivity index (χ4n) is 1.23. The summed E-state index contributed by atoms with van der Waals surface area (Å²) in [6.07, 6.45) is 0. The second kappa shape index (κ2) is 6.05. The zero-order valence-corrected chi connectivity index (χ0v) is 11.7. The van der Waals surface area contributed by atoms with E-state index in [2.05, 4.69) is 5.32 Å². The first-order valence-electron chi connectivity index (χ1n) is 5.20. The van der Waals surface area contributed by atoms with Gasteiger partial charge in [-0.2, -0.15) is 5.26 Å². The number of hydrogen-bond donors (Lipinski definition) is 1. The van der Waals surface area contributed by atoms with Crippen LogP contribution in [0, 0.1) is 11.3 Å². The molecule has 0 aromatic heterocycles. The molecule has 0 amide bonds. The summed E-state index contributed by atoms with van der Waals surface area (Å²) in [5.41, 5.74) is 1.08. The highest BCUT2D eigenvalue weighted by atomic mass is 35.5. The zero-order chi connectivity index (χ0) is 13.8. The quantitative estimate of drug-likeness (QED) is 0.891. The van der Waals surface area contributed by atoms with Gasteiger partial charge in [0.1, 0.15) is 0 Å². The van der Waals surface area contributed by atoms with E-state index >= 15 is 0 Å². The standard InChI is InChI=1S/C11H14ClN3O2S/c1-15(2)18(16,17)6-5-14-11-4-3-9(8-13)7-10(11)12/h3-4,7,14H,5-6H2,1-2H3. The SMILES string of the molecule is CN(C)S(=O)(=O)CCNc1ccc(C#N)cc1Cl. The molecule has 0 atom stereocenters. The molecule has 0 fully saturated rings. The maximum atomic E-state index is 11.5. The highest BCUT2D eigenvalue weighted by Gasteiger charge is 2.12. The number of nitrogens with zero attached hydrogens (tertiary/aromatic N) is 2. The molecule has 0 heterocycles. The average molecular weight is 288 g/mol. The molecule has 1 aromatic carbocycles. The van der Waals surface area contributed by atoms with Crippen molar-refractivity contribution in [1.29, 1.82) is 5.26 Å². The number of sulfonamides is 1. The summed E-state index contributed by atoms with van der Waals surface area (Å²) in [4.78, 5) is 0. The molecule has 0 spiro atoms. The minimum absolute atomic E-state index is 0.0175. The first kappa shape index (κ1) is 14.8. The Labute approximate surface area is 112 Å². The van der Waals surface area contributed by atoms with Crippen LogP contribution in [-0.4, -0.2) is 39.1 Å². The second-order valence-electron chi connectivity index (χ2n) is 3.83. The van der Waals surface area contributed by atoms with E-state index in [1.807, 2.05) is 6.07 Å². The van der Waals surface area contributed by atoms with E-state index in [1.54, 1.807) is 12.1 Å². The molecule has 0 aliphatic carbocycles.